The highest BCUT2D eigenvalue weighted by atomic mass is 16.2. The summed E-state index contributed by atoms with van der Waals surface area (Å²) in [5.41, 5.74) is 4.08. The van der Waals surface area contributed by atoms with Gasteiger partial charge in [-0.1, -0.05) is 56.3 Å². The molecular formula is C25H27N3O2. The van der Waals surface area contributed by atoms with Gasteiger partial charge in [0.25, 0.3) is 5.91 Å². The number of carbonyl (C=O) groups is 2. The Morgan fingerprint density at radius 2 is 1.47 bits per heavy atom. The monoisotopic (exact) mass is 401 g/mol. The van der Waals surface area contributed by atoms with Gasteiger partial charge in [0.1, 0.15) is 0 Å². The fraction of sp³-hybridized carbons (Fsp3) is 0.200. The van der Waals surface area contributed by atoms with Crippen molar-refractivity contribution in [3.63, 3.8) is 0 Å². The molecule has 0 aliphatic rings. The molecule has 5 heteroatoms. The average Bonchev–Trinajstić information content (AvgIpc) is 2.75. The van der Waals surface area contributed by atoms with E-state index < -0.39 is 0 Å². The molecule has 0 spiro atoms. The van der Waals surface area contributed by atoms with Crippen LogP contribution in [0.25, 0.3) is 0 Å². The van der Waals surface area contributed by atoms with Crippen LogP contribution in [0.4, 0.5) is 17.1 Å². The third-order valence-corrected chi connectivity index (χ3v) is 4.77. The van der Waals surface area contributed by atoms with Crippen molar-refractivity contribution < 1.29 is 9.59 Å². The van der Waals surface area contributed by atoms with Gasteiger partial charge in [0, 0.05) is 30.8 Å². The molecule has 5 nitrogen and oxygen atoms in total. The minimum Gasteiger partial charge on any atom is -0.369 e. The third kappa shape index (κ3) is 5.47. The predicted molar refractivity (Wildman–Crippen MR) is 123 cm³/mol. The highest BCUT2D eigenvalue weighted by Crippen LogP contribution is 2.26. The molecule has 0 bridgehead atoms. The van der Waals surface area contributed by atoms with Crippen LogP contribution in [0.1, 0.15) is 29.8 Å². The molecule has 2 N–H and O–H groups in total. The molecule has 3 rings (SSSR count). The van der Waals surface area contributed by atoms with Gasteiger partial charge in [0.2, 0.25) is 5.91 Å². The van der Waals surface area contributed by atoms with Crippen LogP contribution in [-0.4, -0.2) is 18.9 Å². The summed E-state index contributed by atoms with van der Waals surface area (Å²) in [6.07, 6.45) is 0. The molecule has 154 valence electrons. The first-order chi connectivity index (χ1) is 14.4. The second kappa shape index (κ2) is 9.74. The molecular weight excluding hydrogens is 374 g/mol. The van der Waals surface area contributed by atoms with E-state index in [4.69, 9.17) is 0 Å². The summed E-state index contributed by atoms with van der Waals surface area (Å²) in [7, 11) is 2.00. The summed E-state index contributed by atoms with van der Waals surface area (Å²) in [5.74, 6) is -0.350. The quantitative estimate of drug-likeness (QED) is 0.574. The molecule has 0 radical (unpaired) electrons. The summed E-state index contributed by atoms with van der Waals surface area (Å²) in [6.45, 7) is 4.41. The van der Waals surface area contributed by atoms with Crippen LogP contribution in [0, 0.1) is 5.92 Å². The lowest BCUT2D eigenvalue weighted by atomic mass is 10.1. The Labute approximate surface area is 177 Å². The van der Waals surface area contributed by atoms with Crippen molar-refractivity contribution in [2.24, 2.45) is 5.92 Å². The number of anilines is 3. The van der Waals surface area contributed by atoms with Crippen molar-refractivity contribution in [2.75, 3.05) is 22.6 Å². The standard InChI is InChI=1S/C25H27N3O2/c1-18(2)24(29)26-21-15-13-20(14-16-21)25(30)27-22-11-7-8-12-23(22)28(3)17-19-9-5-4-6-10-19/h4-16,18H,17H2,1-3H3,(H,26,29)(H,27,30). The Morgan fingerprint density at radius 1 is 0.833 bits per heavy atom. The van der Waals surface area contributed by atoms with Crippen LogP contribution in [0.2, 0.25) is 0 Å². The average molecular weight is 402 g/mol. The molecule has 30 heavy (non-hydrogen) atoms. The first kappa shape index (κ1) is 21.1. The maximum atomic E-state index is 12.8. The fourth-order valence-corrected chi connectivity index (χ4v) is 3.04. The van der Waals surface area contributed by atoms with E-state index in [2.05, 4.69) is 27.7 Å². The molecule has 0 unspecified atom stereocenters. The maximum Gasteiger partial charge on any atom is 0.255 e. The third-order valence-electron chi connectivity index (χ3n) is 4.77. The largest absolute Gasteiger partial charge is 0.369 e. The number of nitrogens with zero attached hydrogens (tertiary/aromatic N) is 1. The number of hydrogen-bond acceptors (Lipinski definition) is 3. The van der Waals surface area contributed by atoms with Gasteiger partial charge < -0.3 is 15.5 Å². The topological polar surface area (TPSA) is 61.4 Å². The van der Waals surface area contributed by atoms with Gasteiger partial charge in [-0.2, -0.15) is 0 Å². The molecule has 0 atom stereocenters. The summed E-state index contributed by atoms with van der Waals surface area (Å²) >= 11 is 0. The van der Waals surface area contributed by atoms with Gasteiger partial charge in [0.15, 0.2) is 0 Å². The minimum atomic E-state index is -0.197. The number of nitrogens with one attached hydrogen (secondary N) is 2. The van der Waals surface area contributed by atoms with E-state index in [0.29, 0.717) is 11.3 Å². The molecule has 0 saturated heterocycles. The molecule has 0 aromatic heterocycles. The lowest BCUT2D eigenvalue weighted by Crippen LogP contribution is -2.20. The fourth-order valence-electron chi connectivity index (χ4n) is 3.04. The van der Waals surface area contributed by atoms with Crippen molar-refractivity contribution in [3.05, 3.63) is 90.0 Å². The molecule has 0 saturated carbocycles. The second-order valence-corrected chi connectivity index (χ2v) is 7.53. The molecule has 0 aliphatic carbocycles. The van der Waals surface area contributed by atoms with Crippen LogP contribution in [0.3, 0.4) is 0 Å². The van der Waals surface area contributed by atoms with Gasteiger partial charge in [-0.3, -0.25) is 9.59 Å². The van der Waals surface area contributed by atoms with Crippen molar-refractivity contribution in [1.29, 1.82) is 0 Å². The number of amides is 2. The van der Waals surface area contributed by atoms with E-state index in [1.165, 1.54) is 5.56 Å². The van der Waals surface area contributed by atoms with Gasteiger partial charge in [-0.15, -0.1) is 0 Å². The number of benzene rings is 3. The summed E-state index contributed by atoms with van der Waals surface area (Å²) in [6, 6.07) is 24.8. The van der Waals surface area contributed by atoms with Crippen LogP contribution in [0.15, 0.2) is 78.9 Å². The van der Waals surface area contributed by atoms with Crippen LogP contribution in [-0.2, 0) is 11.3 Å². The zero-order chi connectivity index (χ0) is 21.5. The number of para-hydroxylation sites is 2. The van der Waals surface area contributed by atoms with Crippen molar-refractivity contribution in [1.82, 2.24) is 0 Å². The van der Waals surface area contributed by atoms with Gasteiger partial charge in [-0.25, -0.2) is 0 Å². The molecule has 0 heterocycles. The van der Waals surface area contributed by atoms with E-state index in [0.717, 1.165) is 17.9 Å². The number of carbonyl (C=O) groups excluding carboxylic acids is 2. The van der Waals surface area contributed by atoms with Crippen LogP contribution >= 0.6 is 0 Å². The molecule has 3 aromatic rings. The normalized spacial score (nSPS) is 10.5. The van der Waals surface area contributed by atoms with Crippen molar-refractivity contribution in [3.8, 4) is 0 Å². The molecule has 2 amide bonds. The van der Waals surface area contributed by atoms with Crippen LogP contribution in [0.5, 0.6) is 0 Å². The number of hydrogen-bond donors (Lipinski definition) is 2. The Morgan fingerprint density at radius 3 is 2.13 bits per heavy atom. The minimum absolute atomic E-state index is 0.0532. The van der Waals surface area contributed by atoms with Gasteiger partial charge in [0.05, 0.1) is 11.4 Å². The van der Waals surface area contributed by atoms with E-state index in [9.17, 15) is 9.59 Å². The molecule has 0 fully saturated rings. The lowest BCUT2D eigenvalue weighted by molar-refractivity contribution is -0.118. The van der Waals surface area contributed by atoms with E-state index in [1.54, 1.807) is 24.3 Å². The SMILES string of the molecule is CC(C)C(=O)Nc1ccc(C(=O)Nc2ccccc2N(C)Cc2ccccc2)cc1. The first-order valence-corrected chi connectivity index (χ1v) is 10.0. The summed E-state index contributed by atoms with van der Waals surface area (Å²) in [4.78, 5) is 26.7. The maximum absolute atomic E-state index is 12.8. The van der Waals surface area contributed by atoms with E-state index in [1.807, 2.05) is 63.4 Å². The lowest BCUT2D eigenvalue weighted by Gasteiger charge is -2.23. The predicted octanol–water partition coefficient (Wildman–Crippen LogP) is 5.17. The highest BCUT2D eigenvalue weighted by Gasteiger charge is 2.13. The van der Waals surface area contributed by atoms with Gasteiger partial charge in [-0.05, 0) is 42.0 Å². The Balaban J connectivity index is 1.70. The molecule has 0 aliphatic heterocycles. The van der Waals surface area contributed by atoms with E-state index >= 15 is 0 Å². The molecule has 3 aromatic carbocycles. The van der Waals surface area contributed by atoms with Gasteiger partial charge >= 0.3 is 0 Å². The van der Waals surface area contributed by atoms with Crippen molar-refractivity contribution in [2.45, 2.75) is 20.4 Å². The Bertz CT molecular complexity index is 998. The summed E-state index contributed by atoms with van der Waals surface area (Å²) in [5, 5.41) is 5.83. The van der Waals surface area contributed by atoms with Crippen LogP contribution < -0.4 is 15.5 Å². The van der Waals surface area contributed by atoms with E-state index in [-0.39, 0.29) is 17.7 Å². The van der Waals surface area contributed by atoms with Crippen molar-refractivity contribution >= 4 is 28.9 Å². The second-order valence-electron chi connectivity index (χ2n) is 7.53. The number of rotatable bonds is 7. The first-order valence-electron chi connectivity index (χ1n) is 10.0. The smallest absolute Gasteiger partial charge is 0.255 e. The zero-order valence-corrected chi connectivity index (χ0v) is 17.6. The highest BCUT2D eigenvalue weighted by molar-refractivity contribution is 6.06. The Hall–Kier alpha value is -3.60. The zero-order valence-electron chi connectivity index (χ0n) is 17.6. The Kier molecular flexibility index (Phi) is 6.86. The summed E-state index contributed by atoms with van der Waals surface area (Å²) < 4.78 is 0.